The minimum atomic E-state index is 0.642. The average molecular weight is 290 g/mol. The zero-order chi connectivity index (χ0) is 15.9. The van der Waals surface area contributed by atoms with Crippen molar-refractivity contribution in [3.63, 3.8) is 0 Å². The summed E-state index contributed by atoms with van der Waals surface area (Å²) in [5.41, 5.74) is 2.89. The van der Waals surface area contributed by atoms with Gasteiger partial charge in [0.05, 0.1) is 0 Å². The summed E-state index contributed by atoms with van der Waals surface area (Å²) in [7, 11) is 0. The quantitative estimate of drug-likeness (QED) is 0.488. The number of rotatable bonds is 2. The molecule has 0 heterocycles. The number of fused-ring (bicyclic) bond motifs is 1. The first-order chi connectivity index (χ1) is 10.6. The van der Waals surface area contributed by atoms with E-state index in [1.807, 2.05) is 0 Å². The van der Waals surface area contributed by atoms with Gasteiger partial charge in [-0.1, -0.05) is 100 Å². The summed E-state index contributed by atoms with van der Waals surface area (Å²) in [6.07, 6.45) is 0. The van der Waals surface area contributed by atoms with Crippen molar-refractivity contribution in [2.24, 2.45) is 0 Å². The Morgan fingerprint density at radius 3 is 1.18 bits per heavy atom. The maximum absolute atomic E-state index is 2.31. The third-order valence-corrected chi connectivity index (χ3v) is 3.90. The van der Waals surface area contributed by atoms with E-state index in [0.29, 0.717) is 11.8 Å². The molecule has 0 unspecified atom stereocenters. The molecule has 0 atom stereocenters. The summed E-state index contributed by atoms with van der Waals surface area (Å²) in [4.78, 5) is 0. The van der Waals surface area contributed by atoms with Gasteiger partial charge < -0.3 is 0 Å². The van der Waals surface area contributed by atoms with Gasteiger partial charge in [-0.2, -0.15) is 0 Å². The topological polar surface area (TPSA) is 0 Å². The molecule has 0 aliphatic heterocycles. The van der Waals surface area contributed by atoms with Crippen LogP contribution in [-0.4, -0.2) is 0 Å². The van der Waals surface area contributed by atoms with Crippen molar-refractivity contribution in [1.29, 1.82) is 0 Å². The lowest BCUT2D eigenvalue weighted by molar-refractivity contribution is 0.834. The fraction of sp³-hybridized carbons (Fsp3) is 0.273. The van der Waals surface area contributed by atoms with Gasteiger partial charge in [-0.05, 0) is 33.7 Å². The first-order valence-electron chi connectivity index (χ1n) is 8.11. The predicted molar refractivity (Wildman–Crippen MR) is 98.6 cm³/mol. The molecule has 0 saturated heterocycles. The van der Waals surface area contributed by atoms with Crippen LogP contribution in [0.1, 0.15) is 50.7 Å². The van der Waals surface area contributed by atoms with Crippen LogP contribution >= 0.6 is 0 Å². The third-order valence-electron chi connectivity index (χ3n) is 3.90. The van der Waals surface area contributed by atoms with Crippen molar-refractivity contribution in [3.8, 4) is 0 Å². The highest BCUT2D eigenvalue weighted by atomic mass is 14.1. The Bertz CT molecular complexity index is 619. The van der Waals surface area contributed by atoms with Crippen molar-refractivity contribution in [2.75, 3.05) is 0 Å². The SMILES string of the molecule is CC(C)c1cccc(C(C)C)c1.c1ccc2ccccc2c1. The maximum atomic E-state index is 2.31. The van der Waals surface area contributed by atoms with Crippen LogP contribution in [0.4, 0.5) is 0 Å². The third kappa shape index (κ3) is 4.46. The van der Waals surface area contributed by atoms with E-state index in [9.17, 15) is 0 Å². The molecule has 0 aromatic heterocycles. The summed E-state index contributed by atoms with van der Waals surface area (Å²) in [6, 6.07) is 25.6. The minimum Gasteiger partial charge on any atom is -0.0617 e. The number of hydrogen-bond donors (Lipinski definition) is 0. The molecule has 3 aromatic rings. The molecule has 3 rings (SSSR count). The molecular weight excluding hydrogens is 264 g/mol. The Morgan fingerprint density at radius 1 is 0.500 bits per heavy atom. The molecule has 0 fully saturated rings. The second-order valence-corrected chi connectivity index (χ2v) is 6.33. The number of hydrogen-bond acceptors (Lipinski definition) is 0. The lowest BCUT2D eigenvalue weighted by Gasteiger charge is -2.09. The van der Waals surface area contributed by atoms with Crippen LogP contribution in [0.3, 0.4) is 0 Å². The van der Waals surface area contributed by atoms with E-state index in [1.165, 1.54) is 21.9 Å². The van der Waals surface area contributed by atoms with Crippen LogP contribution in [0.25, 0.3) is 10.8 Å². The fourth-order valence-corrected chi connectivity index (χ4v) is 2.41. The fourth-order valence-electron chi connectivity index (χ4n) is 2.41. The largest absolute Gasteiger partial charge is 0.0617 e. The van der Waals surface area contributed by atoms with Gasteiger partial charge in [-0.15, -0.1) is 0 Å². The molecule has 0 saturated carbocycles. The molecule has 0 nitrogen and oxygen atoms in total. The van der Waals surface area contributed by atoms with E-state index in [4.69, 9.17) is 0 Å². The van der Waals surface area contributed by atoms with Crippen LogP contribution in [-0.2, 0) is 0 Å². The molecule has 22 heavy (non-hydrogen) atoms. The molecule has 0 bridgehead atoms. The van der Waals surface area contributed by atoms with Crippen LogP contribution < -0.4 is 0 Å². The Kier molecular flexibility index (Phi) is 5.77. The highest BCUT2D eigenvalue weighted by molar-refractivity contribution is 5.81. The molecule has 0 amide bonds. The average Bonchev–Trinajstić information content (AvgIpc) is 2.55. The molecule has 0 radical (unpaired) electrons. The van der Waals surface area contributed by atoms with E-state index in [2.05, 4.69) is 100 Å². The zero-order valence-electron chi connectivity index (χ0n) is 14.1. The molecule has 3 aromatic carbocycles. The van der Waals surface area contributed by atoms with E-state index >= 15 is 0 Å². The van der Waals surface area contributed by atoms with Crippen molar-refractivity contribution >= 4 is 10.8 Å². The van der Waals surface area contributed by atoms with Gasteiger partial charge in [0.25, 0.3) is 0 Å². The van der Waals surface area contributed by atoms with E-state index in [-0.39, 0.29) is 0 Å². The van der Waals surface area contributed by atoms with E-state index in [0.717, 1.165) is 0 Å². The molecule has 0 N–H and O–H groups in total. The van der Waals surface area contributed by atoms with Gasteiger partial charge in [0.2, 0.25) is 0 Å². The number of benzene rings is 3. The minimum absolute atomic E-state index is 0.642. The summed E-state index contributed by atoms with van der Waals surface area (Å²) in [5.74, 6) is 1.28. The predicted octanol–water partition coefficient (Wildman–Crippen LogP) is 6.77. The Labute approximate surface area is 134 Å². The van der Waals surface area contributed by atoms with Crippen LogP contribution in [0.5, 0.6) is 0 Å². The van der Waals surface area contributed by atoms with Crippen LogP contribution in [0, 0.1) is 0 Å². The van der Waals surface area contributed by atoms with Crippen LogP contribution in [0.2, 0.25) is 0 Å². The van der Waals surface area contributed by atoms with E-state index < -0.39 is 0 Å². The van der Waals surface area contributed by atoms with Crippen molar-refractivity contribution in [3.05, 3.63) is 83.9 Å². The maximum Gasteiger partial charge on any atom is -0.0184 e. The van der Waals surface area contributed by atoms with Gasteiger partial charge >= 0.3 is 0 Å². The molecule has 114 valence electrons. The van der Waals surface area contributed by atoms with Gasteiger partial charge in [0.1, 0.15) is 0 Å². The first-order valence-corrected chi connectivity index (χ1v) is 8.11. The molecule has 0 aliphatic rings. The summed E-state index contributed by atoms with van der Waals surface area (Å²) >= 11 is 0. The molecule has 0 heteroatoms. The van der Waals surface area contributed by atoms with Crippen molar-refractivity contribution in [1.82, 2.24) is 0 Å². The van der Waals surface area contributed by atoms with Gasteiger partial charge in [-0.3, -0.25) is 0 Å². The second kappa shape index (κ2) is 7.79. The Hall–Kier alpha value is -2.08. The van der Waals surface area contributed by atoms with Gasteiger partial charge in [-0.25, -0.2) is 0 Å². The molecule has 0 spiro atoms. The summed E-state index contributed by atoms with van der Waals surface area (Å²) in [6.45, 7) is 8.94. The second-order valence-electron chi connectivity index (χ2n) is 6.33. The summed E-state index contributed by atoms with van der Waals surface area (Å²) < 4.78 is 0. The van der Waals surface area contributed by atoms with Gasteiger partial charge in [0, 0.05) is 0 Å². The lowest BCUT2D eigenvalue weighted by Crippen LogP contribution is -1.91. The van der Waals surface area contributed by atoms with E-state index in [1.54, 1.807) is 0 Å². The molecule has 0 aliphatic carbocycles. The smallest absolute Gasteiger partial charge is 0.0184 e. The normalized spacial score (nSPS) is 10.6. The highest BCUT2D eigenvalue weighted by Crippen LogP contribution is 2.20. The first kappa shape index (κ1) is 16.3. The highest BCUT2D eigenvalue weighted by Gasteiger charge is 2.02. The van der Waals surface area contributed by atoms with Crippen molar-refractivity contribution in [2.45, 2.75) is 39.5 Å². The lowest BCUT2D eigenvalue weighted by atomic mass is 9.96. The Balaban J connectivity index is 0.000000162. The monoisotopic (exact) mass is 290 g/mol. The zero-order valence-corrected chi connectivity index (χ0v) is 14.1. The molecular formula is C22H26. The van der Waals surface area contributed by atoms with Gasteiger partial charge in [0.15, 0.2) is 0 Å². The Morgan fingerprint density at radius 2 is 0.864 bits per heavy atom. The van der Waals surface area contributed by atoms with Crippen LogP contribution in [0.15, 0.2) is 72.8 Å². The summed E-state index contributed by atoms with van der Waals surface area (Å²) in [5, 5.41) is 2.62. The standard InChI is InChI=1S/C12H18.C10H8/c1-9(2)11-6-5-7-12(8-11)10(3)4;1-2-6-10-8-4-3-7-9(10)5-1/h5-10H,1-4H3;1-8H. The van der Waals surface area contributed by atoms with Crippen molar-refractivity contribution < 1.29 is 0 Å².